The normalized spacial score (nSPS) is 10.9. The number of nitrogens with zero attached hydrogens (tertiary/aromatic N) is 3. The van der Waals surface area contributed by atoms with Crippen molar-refractivity contribution in [3.05, 3.63) is 11.3 Å². The maximum atomic E-state index is 5.16. The molecule has 5 nitrogen and oxygen atoms in total. The van der Waals surface area contributed by atoms with E-state index >= 15 is 0 Å². The van der Waals surface area contributed by atoms with Crippen molar-refractivity contribution in [2.45, 2.75) is 20.4 Å². The average Bonchev–Trinajstić information content (AvgIpc) is 2.57. The van der Waals surface area contributed by atoms with Gasteiger partial charge in [-0.2, -0.15) is 5.10 Å². The lowest BCUT2D eigenvalue weighted by atomic mass is 10.2. The fraction of sp³-hybridized carbons (Fsp3) is 0.750. The van der Waals surface area contributed by atoms with Gasteiger partial charge in [0.1, 0.15) is 5.82 Å². The monoisotopic (exact) mass is 240 g/mol. The molecule has 0 unspecified atom stereocenters. The zero-order valence-electron chi connectivity index (χ0n) is 11.6. The third-order valence-corrected chi connectivity index (χ3v) is 2.91. The first-order valence-electron chi connectivity index (χ1n) is 6.06. The molecule has 1 aromatic heterocycles. The number of hydrogen-bond donors (Lipinski definition) is 1. The molecule has 0 aliphatic carbocycles. The Balaban J connectivity index is 2.99. The second-order valence-electron chi connectivity index (χ2n) is 4.11. The molecule has 98 valence electrons. The first kappa shape index (κ1) is 14.0. The number of nitrogens with one attached hydrogen (secondary N) is 1. The molecule has 0 amide bonds. The van der Waals surface area contributed by atoms with Gasteiger partial charge in [-0.05, 0) is 20.9 Å². The van der Waals surface area contributed by atoms with Crippen LogP contribution in [0.15, 0.2) is 0 Å². The summed E-state index contributed by atoms with van der Waals surface area (Å²) in [5.74, 6) is 1.19. The van der Waals surface area contributed by atoms with Gasteiger partial charge in [0.2, 0.25) is 0 Å². The molecular weight excluding hydrogens is 216 g/mol. The zero-order chi connectivity index (χ0) is 12.8. The number of hydrogen-bond acceptors (Lipinski definition) is 4. The highest BCUT2D eigenvalue weighted by molar-refractivity contribution is 5.50. The van der Waals surface area contributed by atoms with E-state index in [1.54, 1.807) is 7.11 Å². The van der Waals surface area contributed by atoms with Gasteiger partial charge in [-0.1, -0.05) is 0 Å². The summed E-state index contributed by atoms with van der Waals surface area (Å²) < 4.78 is 7.11. The maximum absolute atomic E-state index is 5.16. The summed E-state index contributed by atoms with van der Waals surface area (Å²) in [5.41, 5.74) is 2.36. The molecule has 0 radical (unpaired) electrons. The number of likely N-dealkylation sites (N-methyl/N-ethyl adjacent to an activating group) is 1. The standard InChI is InChI=1S/C12H24N4O/c1-6-16(7-8-17-5)12-11(9-13-3)10(2)14-15(12)4/h13H,6-9H2,1-5H3. The van der Waals surface area contributed by atoms with Gasteiger partial charge in [0.15, 0.2) is 0 Å². The lowest BCUT2D eigenvalue weighted by Gasteiger charge is -2.24. The van der Waals surface area contributed by atoms with Crippen molar-refractivity contribution in [3.63, 3.8) is 0 Å². The average molecular weight is 240 g/mol. The Hall–Kier alpha value is -1.07. The van der Waals surface area contributed by atoms with E-state index < -0.39 is 0 Å². The second-order valence-corrected chi connectivity index (χ2v) is 4.11. The number of anilines is 1. The van der Waals surface area contributed by atoms with Gasteiger partial charge in [0, 0.05) is 39.4 Å². The summed E-state index contributed by atoms with van der Waals surface area (Å²) in [4.78, 5) is 2.30. The number of aromatic nitrogens is 2. The zero-order valence-corrected chi connectivity index (χ0v) is 11.6. The van der Waals surface area contributed by atoms with Crippen LogP contribution in [0.25, 0.3) is 0 Å². The highest BCUT2D eigenvalue weighted by atomic mass is 16.5. The van der Waals surface area contributed by atoms with Crippen LogP contribution < -0.4 is 10.2 Å². The van der Waals surface area contributed by atoms with Crippen molar-refractivity contribution in [2.75, 3.05) is 38.8 Å². The van der Waals surface area contributed by atoms with Crippen LogP contribution in [-0.2, 0) is 18.3 Å². The summed E-state index contributed by atoms with van der Waals surface area (Å²) in [6, 6.07) is 0. The van der Waals surface area contributed by atoms with Crippen LogP contribution in [-0.4, -0.2) is 43.6 Å². The first-order chi connectivity index (χ1) is 8.15. The van der Waals surface area contributed by atoms with E-state index in [1.807, 2.05) is 18.8 Å². The highest BCUT2D eigenvalue weighted by Crippen LogP contribution is 2.22. The molecule has 1 rings (SSSR count). The van der Waals surface area contributed by atoms with E-state index in [1.165, 1.54) is 11.4 Å². The molecule has 17 heavy (non-hydrogen) atoms. The summed E-state index contributed by atoms with van der Waals surface area (Å²) in [5, 5.41) is 7.70. The van der Waals surface area contributed by atoms with Crippen LogP contribution in [0.4, 0.5) is 5.82 Å². The van der Waals surface area contributed by atoms with Gasteiger partial charge in [0.05, 0.1) is 12.3 Å². The van der Waals surface area contributed by atoms with Crippen molar-refractivity contribution >= 4 is 5.82 Å². The van der Waals surface area contributed by atoms with Crippen molar-refractivity contribution < 1.29 is 4.74 Å². The molecule has 0 saturated carbocycles. The van der Waals surface area contributed by atoms with Crippen molar-refractivity contribution in [1.29, 1.82) is 0 Å². The summed E-state index contributed by atoms with van der Waals surface area (Å²) in [6.07, 6.45) is 0. The Kier molecular flexibility index (Phi) is 5.44. The molecule has 0 aliphatic rings. The molecule has 1 N–H and O–H groups in total. The van der Waals surface area contributed by atoms with Crippen molar-refractivity contribution in [2.24, 2.45) is 7.05 Å². The summed E-state index contributed by atoms with van der Waals surface area (Å²) >= 11 is 0. The number of aryl methyl sites for hydroxylation is 2. The fourth-order valence-corrected chi connectivity index (χ4v) is 2.08. The third kappa shape index (κ3) is 3.20. The Bertz CT molecular complexity index is 349. The van der Waals surface area contributed by atoms with Crippen LogP contribution >= 0.6 is 0 Å². The van der Waals surface area contributed by atoms with Crippen LogP contribution in [0.3, 0.4) is 0 Å². The predicted molar refractivity (Wildman–Crippen MR) is 70.5 cm³/mol. The molecular formula is C12H24N4O. The topological polar surface area (TPSA) is 42.3 Å². The molecule has 1 aromatic rings. The van der Waals surface area contributed by atoms with Crippen LogP contribution in [0.5, 0.6) is 0 Å². The van der Waals surface area contributed by atoms with E-state index in [4.69, 9.17) is 4.74 Å². The van der Waals surface area contributed by atoms with Gasteiger partial charge < -0.3 is 15.0 Å². The minimum Gasteiger partial charge on any atom is -0.383 e. The number of methoxy groups -OCH3 is 1. The van der Waals surface area contributed by atoms with Crippen LogP contribution in [0.2, 0.25) is 0 Å². The van der Waals surface area contributed by atoms with Crippen LogP contribution in [0, 0.1) is 6.92 Å². The predicted octanol–water partition coefficient (Wildman–Crippen LogP) is 0.921. The van der Waals surface area contributed by atoms with Crippen molar-refractivity contribution in [1.82, 2.24) is 15.1 Å². The Morgan fingerprint density at radius 2 is 2.18 bits per heavy atom. The van der Waals surface area contributed by atoms with Gasteiger partial charge in [-0.3, -0.25) is 4.68 Å². The Morgan fingerprint density at radius 1 is 1.47 bits per heavy atom. The van der Waals surface area contributed by atoms with E-state index in [0.29, 0.717) is 0 Å². The van der Waals surface area contributed by atoms with Gasteiger partial charge in [0.25, 0.3) is 0 Å². The lowest BCUT2D eigenvalue weighted by Crippen LogP contribution is -2.30. The smallest absolute Gasteiger partial charge is 0.131 e. The van der Waals surface area contributed by atoms with E-state index in [2.05, 4.69) is 29.2 Å². The minimum absolute atomic E-state index is 0.733. The number of ether oxygens (including phenoxy) is 1. The van der Waals surface area contributed by atoms with E-state index in [9.17, 15) is 0 Å². The van der Waals surface area contributed by atoms with Crippen molar-refractivity contribution in [3.8, 4) is 0 Å². The molecule has 5 heteroatoms. The molecule has 0 spiro atoms. The van der Waals surface area contributed by atoms with E-state index in [-0.39, 0.29) is 0 Å². The Morgan fingerprint density at radius 3 is 2.71 bits per heavy atom. The molecule has 0 aliphatic heterocycles. The summed E-state index contributed by atoms with van der Waals surface area (Å²) in [7, 11) is 5.69. The fourth-order valence-electron chi connectivity index (χ4n) is 2.08. The minimum atomic E-state index is 0.733. The first-order valence-corrected chi connectivity index (χ1v) is 6.06. The molecule has 0 bridgehead atoms. The molecule has 0 saturated heterocycles. The SMILES string of the molecule is CCN(CCOC)c1c(CNC)c(C)nn1C. The summed E-state index contributed by atoms with van der Waals surface area (Å²) in [6.45, 7) is 7.64. The largest absolute Gasteiger partial charge is 0.383 e. The molecule has 0 aromatic carbocycles. The van der Waals surface area contributed by atoms with Gasteiger partial charge in [-0.25, -0.2) is 0 Å². The Labute approximate surface area is 104 Å². The van der Waals surface area contributed by atoms with Crippen LogP contribution in [0.1, 0.15) is 18.2 Å². The highest BCUT2D eigenvalue weighted by Gasteiger charge is 2.17. The van der Waals surface area contributed by atoms with Gasteiger partial charge >= 0.3 is 0 Å². The second kappa shape index (κ2) is 6.61. The van der Waals surface area contributed by atoms with Gasteiger partial charge in [-0.15, -0.1) is 0 Å². The quantitative estimate of drug-likeness (QED) is 0.769. The molecule has 0 fully saturated rings. The third-order valence-electron chi connectivity index (χ3n) is 2.91. The maximum Gasteiger partial charge on any atom is 0.131 e. The lowest BCUT2D eigenvalue weighted by molar-refractivity contribution is 0.205. The number of rotatable bonds is 7. The van der Waals surface area contributed by atoms with E-state index in [0.717, 1.165) is 31.9 Å². The molecule has 0 atom stereocenters. The molecule has 1 heterocycles.